The summed E-state index contributed by atoms with van der Waals surface area (Å²) >= 11 is 1.28. The lowest BCUT2D eigenvalue weighted by molar-refractivity contribution is -0.139. The summed E-state index contributed by atoms with van der Waals surface area (Å²) in [5, 5.41) is 14.6. The van der Waals surface area contributed by atoms with Gasteiger partial charge in [0.2, 0.25) is 11.8 Å². The molecule has 0 radical (unpaired) electrons. The van der Waals surface area contributed by atoms with Crippen LogP contribution in [-0.2, 0) is 14.4 Å². The Bertz CT molecular complexity index is 659. The van der Waals surface area contributed by atoms with E-state index in [4.69, 9.17) is 5.11 Å². The molecule has 7 nitrogen and oxygen atoms in total. The molecule has 0 aliphatic heterocycles. The first-order valence-corrected chi connectivity index (χ1v) is 10.2. The number of nitrogens with zero attached hydrogens (tertiary/aromatic N) is 1. The molecule has 1 aromatic rings. The van der Waals surface area contributed by atoms with Crippen molar-refractivity contribution in [3.05, 3.63) is 29.8 Å². The Hall–Kier alpha value is -2.06. The van der Waals surface area contributed by atoms with E-state index in [1.165, 1.54) is 11.8 Å². The van der Waals surface area contributed by atoms with Gasteiger partial charge in [0.05, 0.1) is 18.1 Å². The van der Waals surface area contributed by atoms with Crippen LogP contribution in [-0.4, -0.2) is 64.5 Å². The van der Waals surface area contributed by atoms with Gasteiger partial charge in [0.25, 0.3) is 0 Å². The predicted octanol–water partition coefficient (Wildman–Crippen LogP) is 1.72. The number of aryl methyl sites for hydroxylation is 1. The Kier molecular flexibility index (Phi) is 8.12. The normalized spacial score (nSPS) is 18.6. The van der Waals surface area contributed by atoms with Crippen molar-refractivity contribution in [3.8, 4) is 0 Å². The molecule has 0 heterocycles. The van der Waals surface area contributed by atoms with E-state index in [2.05, 4.69) is 10.6 Å². The number of carbonyl (C=O) groups excluding carboxylic acids is 2. The number of anilines is 1. The Balaban J connectivity index is 1.59. The zero-order chi connectivity index (χ0) is 19.8. The van der Waals surface area contributed by atoms with Crippen molar-refractivity contribution >= 4 is 35.2 Å². The Morgan fingerprint density at radius 2 is 1.78 bits per heavy atom. The minimum absolute atomic E-state index is 0.0355. The van der Waals surface area contributed by atoms with Crippen molar-refractivity contribution in [1.82, 2.24) is 10.2 Å². The van der Waals surface area contributed by atoms with E-state index in [0.717, 1.165) is 24.1 Å². The highest BCUT2D eigenvalue weighted by atomic mass is 32.2. The second-order valence-corrected chi connectivity index (χ2v) is 7.74. The molecular formula is C19H27N3O4S. The molecule has 2 rings (SSSR count). The molecule has 0 atom stereocenters. The summed E-state index contributed by atoms with van der Waals surface area (Å²) in [5.41, 5.74) is 1.88. The first-order valence-electron chi connectivity index (χ1n) is 9.06. The van der Waals surface area contributed by atoms with E-state index in [9.17, 15) is 14.4 Å². The van der Waals surface area contributed by atoms with Gasteiger partial charge in [0.15, 0.2) is 0 Å². The molecule has 0 saturated heterocycles. The zero-order valence-electron chi connectivity index (χ0n) is 15.7. The fourth-order valence-corrected chi connectivity index (χ4v) is 3.64. The summed E-state index contributed by atoms with van der Waals surface area (Å²) in [6.07, 6.45) is 1.54. The minimum atomic E-state index is -0.829. The van der Waals surface area contributed by atoms with Gasteiger partial charge >= 0.3 is 5.97 Å². The van der Waals surface area contributed by atoms with Gasteiger partial charge in [-0.1, -0.05) is 24.6 Å². The second kappa shape index (κ2) is 10.3. The van der Waals surface area contributed by atoms with Crippen LogP contribution in [0.5, 0.6) is 0 Å². The van der Waals surface area contributed by atoms with Crippen molar-refractivity contribution in [3.63, 3.8) is 0 Å². The molecule has 2 amide bonds. The van der Waals surface area contributed by atoms with Crippen LogP contribution >= 0.6 is 11.8 Å². The number of carboxylic acids is 1. The van der Waals surface area contributed by atoms with Crippen LogP contribution in [0.15, 0.2) is 24.3 Å². The van der Waals surface area contributed by atoms with Crippen LogP contribution in [0.4, 0.5) is 5.69 Å². The molecule has 0 unspecified atom stereocenters. The summed E-state index contributed by atoms with van der Waals surface area (Å²) in [7, 11) is 0. The Morgan fingerprint density at radius 1 is 1.15 bits per heavy atom. The van der Waals surface area contributed by atoms with Gasteiger partial charge in [-0.05, 0) is 38.4 Å². The van der Waals surface area contributed by atoms with Crippen molar-refractivity contribution in [2.24, 2.45) is 0 Å². The van der Waals surface area contributed by atoms with Crippen molar-refractivity contribution in [2.45, 2.75) is 38.8 Å². The first-order chi connectivity index (χ1) is 12.9. The number of hydrogen-bond donors (Lipinski definition) is 3. The lowest BCUT2D eigenvalue weighted by Crippen LogP contribution is -2.55. The SMILES string of the molecule is CCN(CC(=O)O)C1CC(NC(=O)CSCC(=O)Nc2ccc(C)cc2)C1. The minimum Gasteiger partial charge on any atom is -0.480 e. The van der Waals surface area contributed by atoms with E-state index in [1.807, 2.05) is 43.0 Å². The summed E-state index contributed by atoms with van der Waals surface area (Å²) in [6.45, 7) is 4.64. The summed E-state index contributed by atoms with van der Waals surface area (Å²) < 4.78 is 0. The maximum Gasteiger partial charge on any atom is 0.317 e. The monoisotopic (exact) mass is 393 g/mol. The number of likely N-dealkylation sites (N-methyl/N-ethyl adjacent to an activating group) is 1. The lowest BCUT2D eigenvalue weighted by Gasteiger charge is -2.42. The molecule has 1 aliphatic carbocycles. The number of nitrogens with one attached hydrogen (secondary N) is 2. The molecule has 1 aromatic carbocycles. The van der Waals surface area contributed by atoms with E-state index in [0.29, 0.717) is 6.54 Å². The summed E-state index contributed by atoms with van der Waals surface area (Å²) in [6, 6.07) is 7.86. The van der Waals surface area contributed by atoms with Crippen LogP contribution in [0.1, 0.15) is 25.3 Å². The van der Waals surface area contributed by atoms with Gasteiger partial charge in [-0.15, -0.1) is 11.8 Å². The van der Waals surface area contributed by atoms with Gasteiger partial charge in [0, 0.05) is 17.8 Å². The molecular weight excluding hydrogens is 366 g/mol. The molecule has 1 saturated carbocycles. The topological polar surface area (TPSA) is 98.7 Å². The predicted molar refractivity (Wildman–Crippen MR) is 107 cm³/mol. The van der Waals surface area contributed by atoms with E-state index in [-0.39, 0.29) is 41.9 Å². The second-order valence-electron chi connectivity index (χ2n) is 6.75. The Labute approximate surface area is 163 Å². The molecule has 1 fully saturated rings. The van der Waals surface area contributed by atoms with Gasteiger partial charge in [0.1, 0.15) is 0 Å². The van der Waals surface area contributed by atoms with Crippen molar-refractivity contribution in [2.75, 3.05) is 29.9 Å². The van der Waals surface area contributed by atoms with Crippen molar-refractivity contribution < 1.29 is 19.5 Å². The third-order valence-electron chi connectivity index (χ3n) is 4.54. The largest absolute Gasteiger partial charge is 0.480 e. The maximum absolute atomic E-state index is 12.0. The average molecular weight is 394 g/mol. The fourth-order valence-electron chi connectivity index (χ4n) is 3.02. The highest BCUT2D eigenvalue weighted by Crippen LogP contribution is 2.25. The zero-order valence-corrected chi connectivity index (χ0v) is 16.6. The molecule has 0 bridgehead atoms. The maximum atomic E-state index is 12.0. The van der Waals surface area contributed by atoms with Gasteiger partial charge in [-0.3, -0.25) is 19.3 Å². The van der Waals surface area contributed by atoms with E-state index < -0.39 is 5.97 Å². The third-order valence-corrected chi connectivity index (χ3v) is 5.47. The number of carboxylic acid groups (broad SMARTS) is 1. The van der Waals surface area contributed by atoms with Gasteiger partial charge < -0.3 is 15.7 Å². The number of aliphatic carboxylic acids is 1. The van der Waals surface area contributed by atoms with Crippen LogP contribution in [0, 0.1) is 6.92 Å². The molecule has 8 heteroatoms. The standard InChI is InChI=1S/C19H27N3O4S/c1-3-22(10-19(25)26)16-8-15(9-16)21-18(24)12-27-11-17(23)20-14-6-4-13(2)5-7-14/h4-7,15-16H,3,8-12H2,1-2H3,(H,20,23)(H,21,24)(H,25,26). The van der Waals surface area contributed by atoms with Crippen LogP contribution < -0.4 is 10.6 Å². The quantitative estimate of drug-likeness (QED) is 0.560. The average Bonchev–Trinajstić information content (AvgIpc) is 2.58. The fraction of sp³-hybridized carbons (Fsp3) is 0.526. The smallest absolute Gasteiger partial charge is 0.317 e. The number of thioether (sulfide) groups is 1. The van der Waals surface area contributed by atoms with Crippen LogP contribution in [0.3, 0.4) is 0 Å². The van der Waals surface area contributed by atoms with Gasteiger partial charge in [-0.25, -0.2) is 0 Å². The van der Waals surface area contributed by atoms with E-state index in [1.54, 1.807) is 0 Å². The number of hydrogen-bond acceptors (Lipinski definition) is 5. The molecule has 1 aliphatic rings. The highest BCUT2D eigenvalue weighted by Gasteiger charge is 2.34. The molecule has 3 N–H and O–H groups in total. The summed E-state index contributed by atoms with van der Waals surface area (Å²) in [4.78, 5) is 36.6. The summed E-state index contributed by atoms with van der Waals surface area (Å²) in [5.74, 6) is -0.600. The van der Waals surface area contributed by atoms with E-state index >= 15 is 0 Å². The van der Waals surface area contributed by atoms with Gasteiger partial charge in [-0.2, -0.15) is 0 Å². The molecule has 0 spiro atoms. The molecule has 27 heavy (non-hydrogen) atoms. The third kappa shape index (κ3) is 7.22. The number of carbonyl (C=O) groups is 3. The Morgan fingerprint density at radius 3 is 2.37 bits per heavy atom. The first kappa shape index (κ1) is 21.2. The molecule has 148 valence electrons. The highest BCUT2D eigenvalue weighted by molar-refractivity contribution is 8.00. The number of benzene rings is 1. The number of rotatable bonds is 10. The lowest BCUT2D eigenvalue weighted by atomic mass is 9.85. The number of amides is 2. The van der Waals surface area contributed by atoms with Crippen LogP contribution in [0.25, 0.3) is 0 Å². The van der Waals surface area contributed by atoms with Crippen molar-refractivity contribution in [1.29, 1.82) is 0 Å². The molecule has 0 aromatic heterocycles. The van der Waals surface area contributed by atoms with Crippen LogP contribution in [0.2, 0.25) is 0 Å².